The molecule has 4 N–H and O–H groups in total. The number of carbonyl (C=O) groups is 1. The fourth-order valence-corrected chi connectivity index (χ4v) is 1.39. The first-order valence-corrected chi connectivity index (χ1v) is 4.87. The van der Waals surface area contributed by atoms with Crippen LogP contribution in [-0.2, 0) is 4.79 Å². The molecule has 0 radical (unpaired) electrons. The predicted molar refractivity (Wildman–Crippen MR) is 58.5 cm³/mol. The minimum Gasteiger partial charge on any atom is -0.480 e. The van der Waals surface area contributed by atoms with Crippen LogP contribution in [0.3, 0.4) is 0 Å². The smallest absolute Gasteiger partial charge is 0.328 e. The van der Waals surface area contributed by atoms with Crippen molar-refractivity contribution in [2.75, 3.05) is 0 Å². The summed E-state index contributed by atoms with van der Waals surface area (Å²) >= 11 is 0. The maximum atomic E-state index is 12.7. The molecule has 1 aromatic heterocycles. The summed E-state index contributed by atoms with van der Waals surface area (Å²) in [4.78, 5) is 17.3. The van der Waals surface area contributed by atoms with Gasteiger partial charge in [0.05, 0.1) is 11.9 Å². The Morgan fingerprint density at radius 3 is 2.65 bits per heavy atom. The number of halogens is 1. The van der Waals surface area contributed by atoms with E-state index in [1.54, 1.807) is 12.1 Å². The molecule has 0 spiro atoms. The lowest BCUT2D eigenvalue weighted by Crippen LogP contribution is -2.21. The number of imidazole rings is 1. The van der Waals surface area contributed by atoms with Gasteiger partial charge in [-0.1, -0.05) is 0 Å². The van der Waals surface area contributed by atoms with Crippen LogP contribution in [0.1, 0.15) is 11.9 Å². The molecule has 0 aliphatic carbocycles. The van der Waals surface area contributed by atoms with Crippen LogP contribution in [0.5, 0.6) is 0 Å². The average Bonchev–Trinajstić information content (AvgIpc) is 2.78. The minimum atomic E-state index is -1.19. The molecule has 5 nitrogen and oxygen atoms in total. The number of aromatic amines is 1. The van der Waals surface area contributed by atoms with E-state index in [4.69, 9.17) is 10.8 Å². The Morgan fingerprint density at radius 1 is 1.41 bits per heavy atom. The molecule has 0 bridgehead atoms. The van der Waals surface area contributed by atoms with Gasteiger partial charge in [0.15, 0.2) is 6.04 Å². The molecule has 6 heteroatoms. The zero-order valence-corrected chi connectivity index (χ0v) is 8.72. The second kappa shape index (κ2) is 4.34. The van der Waals surface area contributed by atoms with E-state index in [0.29, 0.717) is 11.3 Å². The number of nitrogens with zero attached hydrogens (tertiary/aromatic N) is 1. The van der Waals surface area contributed by atoms with E-state index in [0.717, 1.165) is 0 Å². The predicted octanol–water partition coefficient (Wildman–Crippen LogP) is 1.30. The van der Waals surface area contributed by atoms with Crippen molar-refractivity contribution in [2.45, 2.75) is 6.04 Å². The highest BCUT2D eigenvalue weighted by atomic mass is 19.1. The summed E-state index contributed by atoms with van der Waals surface area (Å²) in [6.45, 7) is 0. The molecule has 0 saturated heterocycles. The van der Waals surface area contributed by atoms with Crippen molar-refractivity contribution in [3.8, 4) is 11.3 Å². The summed E-state index contributed by atoms with van der Waals surface area (Å²) in [5.41, 5.74) is 6.71. The fourth-order valence-electron chi connectivity index (χ4n) is 1.39. The van der Waals surface area contributed by atoms with Crippen molar-refractivity contribution in [1.29, 1.82) is 0 Å². The average molecular weight is 235 g/mol. The molecule has 88 valence electrons. The third-order valence-electron chi connectivity index (χ3n) is 2.31. The second-order valence-electron chi connectivity index (χ2n) is 3.50. The number of hydrogen-bond acceptors (Lipinski definition) is 3. The van der Waals surface area contributed by atoms with Crippen molar-refractivity contribution in [3.63, 3.8) is 0 Å². The largest absolute Gasteiger partial charge is 0.480 e. The summed E-state index contributed by atoms with van der Waals surface area (Å²) < 4.78 is 12.7. The molecule has 0 amide bonds. The van der Waals surface area contributed by atoms with Gasteiger partial charge in [-0.2, -0.15) is 0 Å². The zero-order chi connectivity index (χ0) is 12.4. The second-order valence-corrected chi connectivity index (χ2v) is 3.50. The third kappa shape index (κ3) is 2.31. The van der Waals surface area contributed by atoms with E-state index in [1.165, 1.54) is 18.3 Å². The number of H-pyrrole nitrogens is 1. The van der Waals surface area contributed by atoms with E-state index < -0.39 is 12.0 Å². The highest BCUT2D eigenvalue weighted by Gasteiger charge is 2.17. The van der Waals surface area contributed by atoms with Crippen molar-refractivity contribution in [3.05, 3.63) is 42.1 Å². The monoisotopic (exact) mass is 235 g/mol. The van der Waals surface area contributed by atoms with E-state index in [-0.39, 0.29) is 11.6 Å². The maximum absolute atomic E-state index is 12.7. The zero-order valence-electron chi connectivity index (χ0n) is 8.72. The Hall–Kier alpha value is -2.21. The fraction of sp³-hybridized carbons (Fsp3) is 0.0909. The van der Waals surface area contributed by atoms with Crippen LogP contribution in [0, 0.1) is 5.82 Å². The molecule has 0 fully saturated rings. The van der Waals surface area contributed by atoms with Gasteiger partial charge >= 0.3 is 5.97 Å². The number of nitrogens with one attached hydrogen (secondary N) is 1. The molecule has 17 heavy (non-hydrogen) atoms. The van der Waals surface area contributed by atoms with Gasteiger partial charge in [0.25, 0.3) is 0 Å². The Bertz CT molecular complexity index is 536. The molecule has 1 atom stereocenters. The maximum Gasteiger partial charge on any atom is 0.328 e. The van der Waals surface area contributed by atoms with Crippen LogP contribution in [0.2, 0.25) is 0 Å². The lowest BCUT2D eigenvalue weighted by molar-refractivity contribution is -0.138. The summed E-state index contributed by atoms with van der Waals surface area (Å²) in [5, 5.41) is 8.72. The lowest BCUT2D eigenvalue weighted by Gasteiger charge is -2.01. The van der Waals surface area contributed by atoms with Gasteiger partial charge in [0.1, 0.15) is 11.6 Å². The van der Waals surface area contributed by atoms with Gasteiger partial charge < -0.3 is 15.8 Å². The number of aliphatic carboxylic acids is 1. The molecule has 1 aromatic carbocycles. The molecule has 0 aliphatic heterocycles. The Balaban J connectivity index is 2.29. The number of nitrogens with two attached hydrogens (primary N) is 1. The van der Waals surface area contributed by atoms with Crippen LogP contribution < -0.4 is 5.73 Å². The molecule has 1 heterocycles. The Kier molecular flexibility index (Phi) is 2.88. The van der Waals surface area contributed by atoms with E-state index in [1.807, 2.05) is 0 Å². The standard InChI is InChI=1S/C11H10FN3O2/c12-7-3-1-6(2-4-7)8-5-14-10(15-8)9(13)11(16)17/h1-5,9H,13H2,(H,14,15)(H,16,17). The molecular weight excluding hydrogens is 225 g/mol. The minimum absolute atomic E-state index is 0.164. The SMILES string of the molecule is NC(C(=O)O)c1ncc(-c2ccc(F)cc2)[nH]1. The third-order valence-corrected chi connectivity index (χ3v) is 2.31. The Morgan fingerprint density at radius 2 is 2.06 bits per heavy atom. The van der Waals surface area contributed by atoms with E-state index >= 15 is 0 Å². The summed E-state index contributed by atoms with van der Waals surface area (Å²) in [5.74, 6) is -1.34. The van der Waals surface area contributed by atoms with Crippen LogP contribution in [0.25, 0.3) is 11.3 Å². The topological polar surface area (TPSA) is 92.0 Å². The number of benzene rings is 1. The number of aromatic nitrogens is 2. The van der Waals surface area contributed by atoms with Crippen molar-refractivity contribution in [2.24, 2.45) is 5.73 Å². The number of hydrogen-bond donors (Lipinski definition) is 3. The molecule has 0 aliphatic rings. The van der Waals surface area contributed by atoms with E-state index in [2.05, 4.69) is 9.97 Å². The summed E-state index contributed by atoms with van der Waals surface area (Å²) in [6.07, 6.45) is 1.46. The van der Waals surface area contributed by atoms with Gasteiger partial charge in [-0.05, 0) is 29.8 Å². The van der Waals surface area contributed by atoms with Crippen molar-refractivity contribution in [1.82, 2.24) is 9.97 Å². The van der Waals surface area contributed by atoms with Crippen LogP contribution in [0.4, 0.5) is 4.39 Å². The normalized spacial score (nSPS) is 12.4. The molecule has 2 rings (SSSR count). The lowest BCUT2D eigenvalue weighted by atomic mass is 10.2. The van der Waals surface area contributed by atoms with Crippen molar-refractivity contribution >= 4 is 5.97 Å². The van der Waals surface area contributed by atoms with Gasteiger partial charge in [-0.25, -0.2) is 9.37 Å². The highest BCUT2D eigenvalue weighted by Crippen LogP contribution is 2.18. The van der Waals surface area contributed by atoms with Gasteiger partial charge in [0, 0.05) is 0 Å². The molecular formula is C11H10FN3O2. The highest BCUT2D eigenvalue weighted by molar-refractivity contribution is 5.74. The van der Waals surface area contributed by atoms with Crippen LogP contribution >= 0.6 is 0 Å². The van der Waals surface area contributed by atoms with E-state index in [9.17, 15) is 9.18 Å². The number of carboxylic acid groups (broad SMARTS) is 1. The first-order chi connectivity index (χ1) is 8.08. The first-order valence-electron chi connectivity index (χ1n) is 4.87. The number of rotatable bonds is 3. The van der Waals surface area contributed by atoms with Gasteiger partial charge in [-0.15, -0.1) is 0 Å². The van der Waals surface area contributed by atoms with Crippen LogP contribution in [0.15, 0.2) is 30.5 Å². The number of carboxylic acids is 1. The van der Waals surface area contributed by atoms with Crippen LogP contribution in [-0.4, -0.2) is 21.0 Å². The Labute approximate surface area is 96.1 Å². The molecule has 2 aromatic rings. The summed E-state index contributed by atoms with van der Waals surface area (Å²) in [6, 6.07) is 4.57. The summed E-state index contributed by atoms with van der Waals surface area (Å²) in [7, 11) is 0. The quantitative estimate of drug-likeness (QED) is 0.747. The molecule has 0 saturated carbocycles. The van der Waals surface area contributed by atoms with Gasteiger partial charge in [-0.3, -0.25) is 4.79 Å². The van der Waals surface area contributed by atoms with Gasteiger partial charge in [0.2, 0.25) is 0 Å². The van der Waals surface area contributed by atoms with Crippen molar-refractivity contribution < 1.29 is 14.3 Å². The first kappa shape index (κ1) is 11.3. The molecule has 1 unspecified atom stereocenters.